The molecule has 0 atom stereocenters. The molecule has 210 valence electrons. The van der Waals surface area contributed by atoms with Gasteiger partial charge in [-0.3, -0.25) is 0 Å². The second-order valence-corrected chi connectivity index (χ2v) is 9.45. The highest BCUT2D eigenvalue weighted by atomic mass is 16.5. The Labute approximate surface area is 235 Å². The molecule has 0 amide bonds. The summed E-state index contributed by atoms with van der Waals surface area (Å²) in [5, 5.41) is 0. The predicted molar refractivity (Wildman–Crippen MR) is 158 cm³/mol. The van der Waals surface area contributed by atoms with E-state index in [1.807, 2.05) is 24.3 Å². The van der Waals surface area contributed by atoms with Crippen molar-refractivity contribution < 1.29 is 28.4 Å². The van der Waals surface area contributed by atoms with E-state index in [2.05, 4.69) is 13.8 Å². The summed E-state index contributed by atoms with van der Waals surface area (Å²) in [6.45, 7) is 4.27. The molecule has 0 heterocycles. The molecule has 0 saturated carbocycles. The van der Waals surface area contributed by atoms with Crippen molar-refractivity contribution in [2.24, 2.45) is 0 Å². The lowest BCUT2D eigenvalue weighted by molar-refractivity contribution is 0.341. The molecule has 0 radical (unpaired) electrons. The van der Waals surface area contributed by atoms with Crippen LogP contribution in [0, 0.1) is 0 Å². The van der Waals surface area contributed by atoms with E-state index < -0.39 is 5.41 Å². The molecule has 0 saturated heterocycles. The zero-order valence-corrected chi connectivity index (χ0v) is 23.7. The van der Waals surface area contributed by atoms with E-state index in [-0.39, 0.29) is 0 Å². The summed E-state index contributed by atoms with van der Waals surface area (Å²) in [4.78, 5) is 0. The molecule has 0 fully saturated rings. The van der Waals surface area contributed by atoms with Crippen LogP contribution in [0.25, 0.3) is 0 Å². The maximum Gasteiger partial charge on any atom is 0.211 e. The van der Waals surface area contributed by atoms with Gasteiger partial charge < -0.3 is 39.9 Å². The molecule has 4 aromatic rings. The number of rotatable bonds is 11. The number of ether oxygens (including phenoxy) is 6. The van der Waals surface area contributed by atoms with Gasteiger partial charge in [0.2, 0.25) is 11.5 Å². The molecule has 0 aromatic heterocycles. The first-order chi connectivity index (χ1) is 19.3. The molecular formula is C32H36N2O6. The molecule has 0 bridgehead atoms. The molecule has 0 aliphatic carbocycles. The largest absolute Gasteiger partial charge is 0.493 e. The van der Waals surface area contributed by atoms with Crippen molar-refractivity contribution in [3.05, 3.63) is 83.9 Å². The number of methoxy groups -OCH3 is 4. The minimum absolute atomic E-state index is 0.472. The van der Waals surface area contributed by atoms with Crippen LogP contribution < -0.4 is 39.9 Å². The lowest BCUT2D eigenvalue weighted by Gasteiger charge is -2.32. The average molecular weight is 545 g/mol. The third-order valence-corrected chi connectivity index (χ3v) is 7.10. The van der Waals surface area contributed by atoms with Crippen molar-refractivity contribution in [1.82, 2.24) is 0 Å². The van der Waals surface area contributed by atoms with Gasteiger partial charge in [-0.1, -0.05) is 13.8 Å². The van der Waals surface area contributed by atoms with Gasteiger partial charge in [0.15, 0.2) is 23.0 Å². The first kappa shape index (κ1) is 28.3. The molecule has 0 aliphatic heterocycles. The van der Waals surface area contributed by atoms with E-state index in [4.69, 9.17) is 39.9 Å². The molecule has 0 unspecified atom stereocenters. The zero-order chi connectivity index (χ0) is 28.9. The standard InChI is InChI=1S/C32H36N2O6/c1-7-32(2,20-16-26(35-3)30(27(17-20)36-4)39-24-12-8-22(33)9-13-24)21-18-28(37-5)31(29(19-21)38-6)40-25-14-10-23(34)11-15-25/h8-19H,7,33-34H2,1-6H3. The molecule has 4 aromatic carbocycles. The normalized spacial score (nSPS) is 11.1. The van der Waals surface area contributed by atoms with E-state index in [9.17, 15) is 0 Å². The Morgan fingerprint density at radius 2 is 0.850 bits per heavy atom. The Morgan fingerprint density at radius 3 is 1.10 bits per heavy atom. The molecule has 0 aliphatic rings. The molecule has 4 N–H and O–H groups in total. The second-order valence-electron chi connectivity index (χ2n) is 9.45. The highest BCUT2D eigenvalue weighted by Crippen LogP contribution is 2.49. The lowest BCUT2D eigenvalue weighted by atomic mass is 9.74. The summed E-state index contributed by atoms with van der Waals surface area (Å²) in [5.74, 6) is 4.31. The average Bonchev–Trinajstić information content (AvgIpc) is 2.98. The minimum Gasteiger partial charge on any atom is -0.493 e. The van der Waals surface area contributed by atoms with Crippen molar-refractivity contribution in [2.75, 3.05) is 39.9 Å². The van der Waals surface area contributed by atoms with Crippen molar-refractivity contribution in [3.8, 4) is 46.0 Å². The van der Waals surface area contributed by atoms with Gasteiger partial charge in [-0.2, -0.15) is 0 Å². The fourth-order valence-electron chi connectivity index (χ4n) is 4.48. The molecular weight excluding hydrogens is 508 g/mol. The Morgan fingerprint density at radius 1 is 0.550 bits per heavy atom. The first-order valence-corrected chi connectivity index (χ1v) is 12.9. The van der Waals surface area contributed by atoms with E-state index in [0.29, 0.717) is 57.4 Å². The van der Waals surface area contributed by atoms with E-state index >= 15 is 0 Å². The zero-order valence-electron chi connectivity index (χ0n) is 23.7. The van der Waals surface area contributed by atoms with E-state index in [1.165, 1.54) is 0 Å². The van der Waals surface area contributed by atoms with Gasteiger partial charge in [0.05, 0.1) is 28.4 Å². The summed E-state index contributed by atoms with van der Waals surface area (Å²) in [6, 6.07) is 22.2. The van der Waals surface area contributed by atoms with E-state index in [0.717, 1.165) is 17.5 Å². The number of hydrogen-bond acceptors (Lipinski definition) is 8. The van der Waals surface area contributed by atoms with Gasteiger partial charge in [-0.25, -0.2) is 0 Å². The fourth-order valence-corrected chi connectivity index (χ4v) is 4.48. The van der Waals surface area contributed by atoms with Gasteiger partial charge >= 0.3 is 0 Å². The SMILES string of the molecule is CCC(C)(c1cc(OC)c(Oc2ccc(N)cc2)c(OC)c1)c1cc(OC)c(Oc2ccc(N)cc2)c(OC)c1. The number of anilines is 2. The highest BCUT2D eigenvalue weighted by molar-refractivity contribution is 5.62. The number of nitrogens with two attached hydrogens (primary N) is 2. The van der Waals surface area contributed by atoms with Crippen LogP contribution in [-0.2, 0) is 5.41 Å². The van der Waals surface area contributed by atoms with Crippen molar-refractivity contribution in [3.63, 3.8) is 0 Å². The Bertz CT molecular complexity index is 1290. The van der Waals surface area contributed by atoms with Crippen molar-refractivity contribution in [2.45, 2.75) is 25.7 Å². The maximum atomic E-state index is 6.17. The highest BCUT2D eigenvalue weighted by Gasteiger charge is 2.32. The first-order valence-electron chi connectivity index (χ1n) is 12.9. The molecule has 0 spiro atoms. The van der Waals surface area contributed by atoms with Crippen LogP contribution in [0.4, 0.5) is 11.4 Å². The lowest BCUT2D eigenvalue weighted by Crippen LogP contribution is -2.23. The number of benzene rings is 4. The van der Waals surface area contributed by atoms with Crippen LogP contribution in [0.1, 0.15) is 31.4 Å². The maximum absolute atomic E-state index is 6.17. The predicted octanol–water partition coefficient (Wildman–Crippen LogP) is 7.19. The third-order valence-electron chi connectivity index (χ3n) is 7.10. The van der Waals surface area contributed by atoms with Crippen molar-refractivity contribution >= 4 is 11.4 Å². The monoisotopic (exact) mass is 544 g/mol. The molecule has 8 heteroatoms. The minimum atomic E-state index is -0.486. The summed E-state index contributed by atoms with van der Waals surface area (Å²) in [5.41, 5.74) is 14.4. The molecule has 40 heavy (non-hydrogen) atoms. The van der Waals surface area contributed by atoms with Crippen LogP contribution in [0.15, 0.2) is 72.8 Å². The smallest absolute Gasteiger partial charge is 0.211 e. The van der Waals surface area contributed by atoms with Crippen LogP contribution in [0.2, 0.25) is 0 Å². The summed E-state index contributed by atoms with van der Waals surface area (Å²) >= 11 is 0. The van der Waals surface area contributed by atoms with Gasteiger partial charge in [-0.15, -0.1) is 0 Å². The van der Waals surface area contributed by atoms with Crippen LogP contribution >= 0.6 is 0 Å². The Hall–Kier alpha value is -4.72. The van der Waals surface area contributed by atoms with Gasteiger partial charge in [0.1, 0.15) is 11.5 Å². The second kappa shape index (κ2) is 12.0. The van der Waals surface area contributed by atoms with Crippen LogP contribution in [0.5, 0.6) is 46.0 Å². The van der Waals surface area contributed by atoms with Gasteiger partial charge in [0.25, 0.3) is 0 Å². The van der Waals surface area contributed by atoms with Crippen LogP contribution in [-0.4, -0.2) is 28.4 Å². The Balaban J connectivity index is 1.79. The topological polar surface area (TPSA) is 107 Å². The number of hydrogen-bond donors (Lipinski definition) is 2. The Kier molecular flexibility index (Phi) is 8.48. The molecule has 4 rings (SSSR count). The van der Waals surface area contributed by atoms with Crippen molar-refractivity contribution in [1.29, 1.82) is 0 Å². The summed E-state index contributed by atoms with van der Waals surface area (Å²) < 4.78 is 35.4. The summed E-state index contributed by atoms with van der Waals surface area (Å²) in [7, 11) is 6.42. The number of nitrogen functional groups attached to an aromatic ring is 2. The van der Waals surface area contributed by atoms with Gasteiger partial charge in [-0.05, 0) is 90.3 Å². The summed E-state index contributed by atoms with van der Waals surface area (Å²) in [6.07, 6.45) is 0.752. The quantitative estimate of drug-likeness (QED) is 0.191. The van der Waals surface area contributed by atoms with E-state index in [1.54, 1.807) is 77.0 Å². The van der Waals surface area contributed by atoms with Crippen LogP contribution in [0.3, 0.4) is 0 Å². The third kappa shape index (κ3) is 5.66. The van der Waals surface area contributed by atoms with Gasteiger partial charge in [0, 0.05) is 16.8 Å². The molecule has 8 nitrogen and oxygen atoms in total. The fraction of sp³-hybridized carbons (Fsp3) is 0.250.